The van der Waals surface area contributed by atoms with Crippen molar-refractivity contribution in [2.75, 3.05) is 18.9 Å². The van der Waals surface area contributed by atoms with Crippen LogP contribution in [0.1, 0.15) is 44.7 Å². The van der Waals surface area contributed by atoms with Crippen LogP contribution in [0.2, 0.25) is 0 Å². The smallest absolute Gasteiger partial charge is 0.304 e. The van der Waals surface area contributed by atoms with E-state index in [0.717, 1.165) is 16.9 Å². The van der Waals surface area contributed by atoms with Crippen LogP contribution in [0, 0.1) is 13.8 Å². The number of aldehydes is 1. The number of carbonyl (C=O) groups is 3. The highest BCUT2D eigenvalue weighted by atomic mass is 32.2. The monoisotopic (exact) mass is 481 g/mol. The van der Waals surface area contributed by atoms with Gasteiger partial charge in [0, 0.05) is 33.5 Å². The molecule has 8 heteroatoms. The summed E-state index contributed by atoms with van der Waals surface area (Å²) in [6.07, 6.45) is 1.18. The van der Waals surface area contributed by atoms with Crippen molar-refractivity contribution in [1.82, 2.24) is 5.32 Å². The van der Waals surface area contributed by atoms with Gasteiger partial charge in [-0.25, -0.2) is 0 Å². The minimum Gasteiger partial charge on any atom is -0.506 e. The molecule has 0 unspecified atom stereocenters. The molecular formula is C26H27NO6S. The molecule has 0 spiro atoms. The maximum atomic E-state index is 12.8. The van der Waals surface area contributed by atoms with E-state index in [-0.39, 0.29) is 23.5 Å². The first-order chi connectivity index (χ1) is 16.3. The number of aliphatic carboxylic acids is 1. The number of hydrogen-bond donors (Lipinski definition) is 3. The molecule has 0 bridgehead atoms. The van der Waals surface area contributed by atoms with Crippen LogP contribution in [0.3, 0.4) is 0 Å². The van der Waals surface area contributed by atoms with Gasteiger partial charge in [-0.1, -0.05) is 35.9 Å². The summed E-state index contributed by atoms with van der Waals surface area (Å²) < 4.78 is 5.78. The summed E-state index contributed by atoms with van der Waals surface area (Å²) in [5, 5.41) is 23.4. The lowest BCUT2D eigenvalue weighted by Gasteiger charge is -2.14. The molecule has 0 saturated carbocycles. The van der Waals surface area contributed by atoms with Crippen LogP contribution in [-0.4, -0.2) is 47.3 Å². The highest BCUT2D eigenvalue weighted by molar-refractivity contribution is 7.99. The van der Waals surface area contributed by atoms with Crippen LogP contribution in [0.25, 0.3) is 10.8 Å². The molecule has 3 N–H and O–H groups in total. The van der Waals surface area contributed by atoms with E-state index >= 15 is 0 Å². The molecule has 0 aromatic heterocycles. The molecule has 0 aliphatic rings. The van der Waals surface area contributed by atoms with Gasteiger partial charge in [0.05, 0.1) is 18.6 Å². The number of phenols is 1. The average Bonchev–Trinajstić information content (AvgIpc) is 2.80. The topological polar surface area (TPSA) is 113 Å². The molecule has 1 amide bonds. The van der Waals surface area contributed by atoms with Crippen molar-refractivity contribution in [2.24, 2.45) is 0 Å². The predicted octanol–water partition coefficient (Wildman–Crippen LogP) is 4.74. The Balaban J connectivity index is 1.72. The van der Waals surface area contributed by atoms with E-state index in [4.69, 9.17) is 9.84 Å². The fraction of sp³-hybridized carbons (Fsp3) is 0.269. The van der Waals surface area contributed by atoms with Gasteiger partial charge >= 0.3 is 5.97 Å². The predicted molar refractivity (Wildman–Crippen MR) is 132 cm³/mol. The van der Waals surface area contributed by atoms with Crippen LogP contribution in [0.15, 0.2) is 47.4 Å². The molecule has 0 heterocycles. The molecule has 0 atom stereocenters. The minimum atomic E-state index is -0.938. The van der Waals surface area contributed by atoms with Crippen molar-refractivity contribution >= 4 is 40.7 Å². The van der Waals surface area contributed by atoms with Crippen molar-refractivity contribution in [1.29, 1.82) is 0 Å². The molecule has 0 saturated heterocycles. The third-order valence-corrected chi connectivity index (χ3v) is 6.31. The van der Waals surface area contributed by atoms with Crippen molar-refractivity contribution in [3.05, 3.63) is 64.7 Å². The van der Waals surface area contributed by atoms with E-state index < -0.39 is 11.9 Å². The molecular weight excluding hydrogens is 454 g/mol. The van der Waals surface area contributed by atoms with E-state index in [2.05, 4.69) is 5.32 Å². The van der Waals surface area contributed by atoms with Crippen molar-refractivity contribution in [2.45, 2.75) is 31.6 Å². The number of aryl methyl sites for hydroxylation is 2. The fourth-order valence-corrected chi connectivity index (χ4v) is 4.68. The third-order valence-electron chi connectivity index (χ3n) is 5.27. The van der Waals surface area contributed by atoms with Crippen LogP contribution >= 0.6 is 11.8 Å². The molecule has 0 aliphatic carbocycles. The Hall–Kier alpha value is -3.52. The van der Waals surface area contributed by atoms with Gasteiger partial charge in [0.2, 0.25) is 0 Å². The molecule has 3 aromatic rings. The molecule has 7 nitrogen and oxygen atoms in total. The SMILES string of the molecule is Cc1ccc(OCCCNC(=O)c2cc(SCCC(=O)O)c3c(C=O)cccc3c2O)c(C)c1. The highest BCUT2D eigenvalue weighted by Crippen LogP contribution is 2.38. The van der Waals surface area contributed by atoms with Gasteiger partial charge in [0.25, 0.3) is 5.91 Å². The molecule has 0 radical (unpaired) electrons. The summed E-state index contributed by atoms with van der Waals surface area (Å²) in [5.41, 5.74) is 2.64. The molecule has 3 rings (SSSR count). The fourth-order valence-electron chi connectivity index (χ4n) is 3.61. The second-order valence-electron chi connectivity index (χ2n) is 7.88. The number of amides is 1. The van der Waals surface area contributed by atoms with Gasteiger partial charge in [-0.15, -0.1) is 11.8 Å². The Morgan fingerprint density at radius 1 is 1.15 bits per heavy atom. The van der Waals surface area contributed by atoms with E-state index in [0.29, 0.717) is 47.1 Å². The zero-order valence-corrected chi connectivity index (χ0v) is 19.9. The molecule has 0 aliphatic heterocycles. The maximum absolute atomic E-state index is 12.8. The second-order valence-corrected chi connectivity index (χ2v) is 9.01. The lowest BCUT2D eigenvalue weighted by Crippen LogP contribution is -2.25. The van der Waals surface area contributed by atoms with Crippen molar-refractivity contribution < 1.29 is 29.3 Å². The first kappa shape index (κ1) is 25.1. The summed E-state index contributed by atoms with van der Waals surface area (Å²) in [4.78, 5) is 35.9. The number of hydrogen-bond acceptors (Lipinski definition) is 6. The van der Waals surface area contributed by atoms with Gasteiger partial charge in [-0.3, -0.25) is 14.4 Å². The number of rotatable bonds is 11. The van der Waals surface area contributed by atoms with Crippen molar-refractivity contribution in [3.8, 4) is 11.5 Å². The van der Waals surface area contributed by atoms with Gasteiger partial charge in [-0.05, 0) is 38.0 Å². The third kappa shape index (κ3) is 6.08. The molecule has 0 fully saturated rings. The highest BCUT2D eigenvalue weighted by Gasteiger charge is 2.19. The normalized spacial score (nSPS) is 10.8. The number of benzene rings is 3. The van der Waals surface area contributed by atoms with Crippen LogP contribution in [0.5, 0.6) is 11.5 Å². The summed E-state index contributed by atoms with van der Waals surface area (Å²) >= 11 is 1.23. The van der Waals surface area contributed by atoms with Crippen LogP contribution in [0.4, 0.5) is 0 Å². The molecule has 178 valence electrons. The lowest BCUT2D eigenvalue weighted by molar-refractivity contribution is -0.136. The Labute approximate surface area is 202 Å². The average molecular weight is 482 g/mol. The van der Waals surface area contributed by atoms with E-state index in [9.17, 15) is 19.5 Å². The number of carboxylic acid groups (broad SMARTS) is 1. The van der Waals surface area contributed by atoms with Gasteiger partial charge in [-0.2, -0.15) is 0 Å². The zero-order valence-electron chi connectivity index (χ0n) is 19.1. The number of fused-ring (bicyclic) bond motifs is 1. The van der Waals surface area contributed by atoms with Crippen LogP contribution in [-0.2, 0) is 4.79 Å². The number of thioether (sulfide) groups is 1. The Morgan fingerprint density at radius 2 is 1.94 bits per heavy atom. The Morgan fingerprint density at radius 3 is 2.65 bits per heavy atom. The van der Waals surface area contributed by atoms with Crippen LogP contribution < -0.4 is 10.1 Å². The Bertz CT molecular complexity index is 1220. The van der Waals surface area contributed by atoms with Crippen molar-refractivity contribution in [3.63, 3.8) is 0 Å². The second kappa shape index (κ2) is 11.6. The number of phenolic OH excluding ortho intramolecular Hbond substituents is 1. The maximum Gasteiger partial charge on any atom is 0.304 e. The Kier molecular flexibility index (Phi) is 8.54. The lowest BCUT2D eigenvalue weighted by atomic mass is 10.0. The molecule has 34 heavy (non-hydrogen) atoms. The summed E-state index contributed by atoms with van der Waals surface area (Å²) in [6, 6.07) is 12.3. The zero-order chi connectivity index (χ0) is 24.7. The quantitative estimate of drug-likeness (QED) is 0.206. The summed E-state index contributed by atoms with van der Waals surface area (Å²) in [7, 11) is 0. The summed E-state index contributed by atoms with van der Waals surface area (Å²) in [6.45, 7) is 4.77. The number of ether oxygens (including phenoxy) is 1. The van der Waals surface area contributed by atoms with E-state index in [1.165, 1.54) is 17.8 Å². The minimum absolute atomic E-state index is 0.0712. The van der Waals surface area contributed by atoms with Gasteiger partial charge < -0.3 is 20.3 Å². The summed E-state index contributed by atoms with van der Waals surface area (Å²) in [5.74, 6) is -0.544. The largest absolute Gasteiger partial charge is 0.506 e. The standard InChI is InChI=1S/C26H27NO6S/c1-16-7-8-21(17(2)13-16)33-11-4-10-27-26(32)20-14-22(34-12-9-23(29)30)24-18(15-28)5-3-6-19(24)25(20)31/h3,5-8,13-15,31H,4,9-12H2,1-2H3,(H,27,32)(H,29,30). The molecule has 3 aromatic carbocycles. The number of carbonyl (C=O) groups excluding carboxylic acids is 2. The number of aromatic hydroxyl groups is 1. The van der Waals surface area contributed by atoms with E-state index in [1.807, 2.05) is 32.0 Å². The van der Waals surface area contributed by atoms with Gasteiger partial charge in [0.15, 0.2) is 6.29 Å². The number of nitrogens with one attached hydrogen (secondary N) is 1. The first-order valence-corrected chi connectivity index (χ1v) is 11.9. The van der Waals surface area contributed by atoms with E-state index in [1.54, 1.807) is 18.2 Å². The van der Waals surface area contributed by atoms with Gasteiger partial charge in [0.1, 0.15) is 11.5 Å². The first-order valence-electron chi connectivity index (χ1n) is 10.9. The number of carboxylic acids is 1.